The summed E-state index contributed by atoms with van der Waals surface area (Å²) in [6.45, 7) is -5.13. The third kappa shape index (κ3) is 3.13. The average Bonchev–Trinajstić information content (AvgIpc) is 2.37. The van der Waals surface area contributed by atoms with Crippen molar-refractivity contribution < 1.29 is 62.2 Å². The molecule has 0 fully saturated rings. The van der Waals surface area contributed by atoms with Crippen molar-refractivity contribution in [2.75, 3.05) is 27.4 Å². The fraction of sp³-hybridized carbons (Fsp3) is 1.00. The molecule has 0 rings (SSSR count). The van der Waals surface area contributed by atoms with Crippen molar-refractivity contribution in [1.29, 1.82) is 0 Å². The number of rotatable bonds is 9. The molecule has 0 saturated carbocycles. The van der Waals surface area contributed by atoms with Crippen molar-refractivity contribution >= 4 is 0 Å². The molecule has 0 aromatic carbocycles. The summed E-state index contributed by atoms with van der Waals surface area (Å²) in [5, 5.41) is 0. The zero-order valence-electron chi connectivity index (χ0n) is 11.8. The number of ether oxygens (including phenoxy) is 2. The molecule has 24 heavy (non-hydrogen) atoms. The summed E-state index contributed by atoms with van der Waals surface area (Å²) in [7, 11) is 0.587. The van der Waals surface area contributed by atoms with Gasteiger partial charge in [-0.15, -0.1) is 0 Å². The molecule has 0 aliphatic heterocycles. The molecule has 0 aromatic heterocycles. The van der Waals surface area contributed by atoms with Crippen LogP contribution in [0.25, 0.3) is 0 Å². The Bertz CT molecular complexity index is 394. The largest absolute Gasteiger partial charge is 0.384 e. The van der Waals surface area contributed by atoms with Gasteiger partial charge in [-0.1, -0.05) is 0 Å². The van der Waals surface area contributed by atoms with E-state index in [1.54, 1.807) is 0 Å². The third-order valence-electron chi connectivity index (χ3n) is 2.75. The molecule has 0 unspecified atom stereocenters. The Morgan fingerprint density at radius 3 is 0.833 bits per heavy atom. The summed E-state index contributed by atoms with van der Waals surface area (Å²) in [4.78, 5) is 0. The minimum absolute atomic E-state index is 0.293. The summed E-state index contributed by atoms with van der Waals surface area (Å²) in [5.41, 5.74) is 0. The Hall–Kier alpha value is -0.920. The standard InChI is InChI=1S/C10H10F12O2/c1-23-3-5(11,12)7(15,16)9(19,20)10(21,22)8(17,18)6(13,14)4-24-2/h3-4H2,1-2H3. The number of alkyl halides is 12. The van der Waals surface area contributed by atoms with Crippen LogP contribution in [0.3, 0.4) is 0 Å². The van der Waals surface area contributed by atoms with Crippen LogP contribution in [0.5, 0.6) is 0 Å². The van der Waals surface area contributed by atoms with Gasteiger partial charge in [-0.05, 0) is 0 Å². The highest BCUT2D eigenvalue weighted by Crippen LogP contribution is 2.59. The molecular formula is C10H10F12O2. The van der Waals surface area contributed by atoms with Crippen molar-refractivity contribution in [3.8, 4) is 0 Å². The van der Waals surface area contributed by atoms with Crippen LogP contribution in [-0.2, 0) is 9.47 Å². The summed E-state index contributed by atoms with van der Waals surface area (Å²) in [6, 6.07) is 0. The lowest BCUT2D eigenvalue weighted by atomic mass is 9.91. The van der Waals surface area contributed by atoms with Gasteiger partial charge in [0, 0.05) is 14.2 Å². The predicted octanol–water partition coefficient (Wildman–Crippen LogP) is 4.09. The quantitative estimate of drug-likeness (QED) is 0.553. The van der Waals surface area contributed by atoms with E-state index in [-0.39, 0.29) is 0 Å². The highest BCUT2D eigenvalue weighted by atomic mass is 19.4. The van der Waals surface area contributed by atoms with E-state index in [9.17, 15) is 52.7 Å². The van der Waals surface area contributed by atoms with Crippen molar-refractivity contribution in [1.82, 2.24) is 0 Å². The second-order valence-corrected chi connectivity index (χ2v) is 4.57. The van der Waals surface area contributed by atoms with Gasteiger partial charge in [-0.3, -0.25) is 0 Å². The summed E-state index contributed by atoms with van der Waals surface area (Å²) in [6.07, 6.45) is 0. The monoisotopic (exact) mass is 390 g/mol. The molecule has 0 N–H and O–H groups in total. The molecule has 0 aliphatic carbocycles. The number of hydrogen-bond donors (Lipinski definition) is 0. The van der Waals surface area contributed by atoms with E-state index >= 15 is 0 Å². The first kappa shape index (κ1) is 23.1. The Balaban J connectivity index is 6.16. The predicted molar refractivity (Wildman–Crippen MR) is 53.4 cm³/mol. The van der Waals surface area contributed by atoms with E-state index in [4.69, 9.17) is 0 Å². The Kier molecular flexibility index (Phi) is 6.18. The van der Waals surface area contributed by atoms with Crippen LogP contribution in [-0.4, -0.2) is 63.0 Å². The maximum atomic E-state index is 13.2. The van der Waals surface area contributed by atoms with Crippen molar-refractivity contribution in [2.24, 2.45) is 0 Å². The zero-order valence-corrected chi connectivity index (χ0v) is 11.8. The zero-order chi connectivity index (χ0) is 19.8. The minimum Gasteiger partial charge on any atom is -0.378 e. The molecule has 0 aromatic rings. The normalized spacial score (nSPS) is 15.8. The molecule has 0 spiro atoms. The van der Waals surface area contributed by atoms with E-state index in [1.165, 1.54) is 0 Å². The van der Waals surface area contributed by atoms with Crippen LogP contribution in [0.15, 0.2) is 0 Å². The van der Waals surface area contributed by atoms with Crippen LogP contribution in [0.1, 0.15) is 0 Å². The fourth-order valence-corrected chi connectivity index (χ4v) is 1.40. The number of halogens is 12. The third-order valence-corrected chi connectivity index (χ3v) is 2.75. The van der Waals surface area contributed by atoms with Gasteiger partial charge in [-0.25, -0.2) is 0 Å². The summed E-state index contributed by atoms with van der Waals surface area (Å²) < 4.78 is 164. The second-order valence-electron chi connectivity index (χ2n) is 4.57. The molecule has 146 valence electrons. The van der Waals surface area contributed by atoms with E-state index in [1.807, 2.05) is 0 Å². The van der Waals surface area contributed by atoms with E-state index in [2.05, 4.69) is 9.47 Å². The minimum atomic E-state index is -7.57. The van der Waals surface area contributed by atoms with E-state index in [0.29, 0.717) is 14.2 Å². The van der Waals surface area contributed by atoms with Gasteiger partial charge >= 0.3 is 35.5 Å². The van der Waals surface area contributed by atoms with Crippen LogP contribution >= 0.6 is 0 Å². The molecule has 0 bridgehead atoms. The Morgan fingerprint density at radius 2 is 0.667 bits per heavy atom. The molecule has 0 aliphatic rings. The second kappa shape index (κ2) is 6.42. The van der Waals surface area contributed by atoms with Gasteiger partial charge in [0.15, 0.2) is 0 Å². The number of hydrogen-bond acceptors (Lipinski definition) is 2. The first-order chi connectivity index (χ1) is 10.4. The smallest absolute Gasteiger partial charge is 0.378 e. The van der Waals surface area contributed by atoms with Gasteiger partial charge in [-0.2, -0.15) is 52.7 Å². The van der Waals surface area contributed by atoms with Gasteiger partial charge in [0.1, 0.15) is 13.2 Å². The molecule has 0 amide bonds. The topological polar surface area (TPSA) is 18.5 Å². The highest BCUT2D eigenvalue weighted by Gasteiger charge is 2.89. The molecule has 2 nitrogen and oxygen atoms in total. The van der Waals surface area contributed by atoms with E-state index in [0.717, 1.165) is 0 Å². The fourth-order valence-electron chi connectivity index (χ4n) is 1.40. The van der Waals surface area contributed by atoms with Crippen LogP contribution in [0.4, 0.5) is 52.7 Å². The average molecular weight is 390 g/mol. The van der Waals surface area contributed by atoms with Crippen molar-refractivity contribution in [3.63, 3.8) is 0 Å². The van der Waals surface area contributed by atoms with Crippen LogP contribution in [0.2, 0.25) is 0 Å². The molecule has 0 heterocycles. The lowest BCUT2D eigenvalue weighted by Gasteiger charge is -2.41. The SMILES string of the molecule is COCC(F)(F)C(F)(F)C(F)(F)C(F)(F)C(F)(F)C(F)(F)COC. The first-order valence-corrected chi connectivity index (χ1v) is 5.62. The lowest BCUT2D eigenvalue weighted by molar-refractivity contribution is -0.428. The van der Waals surface area contributed by atoms with Crippen LogP contribution < -0.4 is 0 Å². The Labute approximate surface area is 126 Å². The van der Waals surface area contributed by atoms with Gasteiger partial charge in [0.05, 0.1) is 0 Å². The molecule has 0 radical (unpaired) electrons. The molecule has 0 atom stereocenters. The number of methoxy groups -OCH3 is 2. The Morgan fingerprint density at radius 1 is 0.458 bits per heavy atom. The van der Waals surface area contributed by atoms with Gasteiger partial charge in [0.2, 0.25) is 0 Å². The molecule has 14 heteroatoms. The summed E-state index contributed by atoms with van der Waals surface area (Å²) in [5.74, 6) is -41.6. The lowest BCUT2D eigenvalue weighted by Crippen LogP contribution is -2.71. The van der Waals surface area contributed by atoms with E-state index < -0.39 is 48.7 Å². The molecule has 0 saturated heterocycles. The molecular weight excluding hydrogens is 380 g/mol. The maximum Gasteiger partial charge on any atom is 0.384 e. The van der Waals surface area contributed by atoms with Crippen molar-refractivity contribution in [2.45, 2.75) is 35.5 Å². The van der Waals surface area contributed by atoms with Crippen molar-refractivity contribution in [3.05, 3.63) is 0 Å². The summed E-state index contributed by atoms with van der Waals surface area (Å²) >= 11 is 0. The maximum absolute atomic E-state index is 13.2. The van der Waals surface area contributed by atoms with Crippen LogP contribution in [0, 0.1) is 0 Å². The highest BCUT2D eigenvalue weighted by molar-refractivity contribution is 5.11. The van der Waals surface area contributed by atoms with Gasteiger partial charge < -0.3 is 9.47 Å². The van der Waals surface area contributed by atoms with Gasteiger partial charge in [0.25, 0.3) is 0 Å². The first-order valence-electron chi connectivity index (χ1n) is 5.62.